The first kappa shape index (κ1) is 69.4. The maximum Gasteiger partial charge on any atom is 0.227 e. The van der Waals surface area contributed by atoms with Gasteiger partial charge in [-0.3, -0.25) is 0 Å². The van der Waals surface area contributed by atoms with Crippen LogP contribution in [0.4, 0.5) is 0 Å². The van der Waals surface area contributed by atoms with Gasteiger partial charge in [-0.05, 0) is 253 Å². The average molecular weight is 1840 g/mol. The topological polar surface area (TPSA) is 150 Å². The van der Waals surface area contributed by atoms with Crippen molar-refractivity contribution in [2.24, 2.45) is 51.5 Å². The Kier molecular flexibility index (Phi) is 19.2. The first-order valence-corrected chi connectivity index (χ1v) is 46.3. The van der Waals surface area contributed by atoms with E-state index >= 15 is 0 Å². The quantitative estimate of drug-likeness (QED) is 0.108. The normalized spacial score (nSPS) is 15.6. The summed E-state index contributed by atoms with van der Waals surface area (Å²) in [5.41, 5.74) is 23.0. The number of rotatable bonds is 12. The Hall–Kier alpha value is -13.4. The molecule has 20 aromatic rings. The lowest BCUT2D eigenvalue weighted by Crippen LogP contribution is -2.32. The molecule has 15 nitrogen and oxygen atoms in total. The van der Waals surface area contributed by atoms with E-state index in [1.165, 1.54) is 80.1 Å². The van der Waals surface area contributed by atoms with Gasteiger partial charge in [-0.2, -0.15) is 0 Å². The van der Waals surface area contributed by atoms with E-state index in [1.807, 2.05) is 141 Å². The van der Waals surface area contributed by atoms with Crippen molar-refractivity contribution in [2.45, 2.75) is 223 Å². The van der Waals surface area contributed by atoms with Crippen molar-refractivity contribution in [3.8, 4) is 56.3 Å². The summed E-state index contributed by atoms with van der Waals surface area (Å²) in [6, 6.07) is 50.2. The van der Waals surface area contributed by atoms with Crippen LogP contribution in [0.2, 0.25) is 0 Å². The van der Waals surface area contributed by atoms with E-state index in [-0.39, 0.29) is 22.3 Å². The van der Waals surface area contributed by atoms with Gasteiger partial charge < -0.3 is 22.1 Å². The van der Waals surface area contributed by atoms with Gasteiger partial charge >= 0.3 is 0 Å². The molecular formula is C121H137N10O5+5. The molecule has 0 saturated heterocycles. The van der Waals surface area contributed by atoms with Gasteiger partial charge in [0.2, 0.25) is 57.0 Å². The molecule has 15 heterocycles. The highest BCUT2D eigenvalue weighted by Gasteiger charge is 2.32. The molecule has 136 heavy (non-hydrogen) atoms. The summed E-state index contributed by atoms with van der Waals surface area (Å²) < 4.78 is 237. The fourth-order valence-corrected chi connectivity index (χ4v) is 18.6. The molecular weight excluding hydrogens is 1670 g/mol. The van der Waals surface area contributed by atoms with Crippen molar-refractivity contribution in [1.82, 2.24) is 24.9 Å². The van der Waals surface area contributed by atoms with Gasteiger partial charge in [-0.25, -0.2) is 47.8 Å². The van der Waals surface area contributed by atoms with Gasteiger partial charge in [-0.15, -0.1) is 0 Å². The number of aromatic nitrogens is 10. The lowest BCUT2D eigenvalue weighted by molar-refractivity contribution is -0.661. The molecule has 0 aliphatic rings. The minimum absolute atomic E-state index is 0.191. The molecule has 0 amide bonds. The molecule has 15 aromatic heterocycles. The van der Waals surface area contributed by atoms with Crippen molar-refractivity contribution in [2.75, 3.05) is 0 Å². The van der Waals surface area contributed by atoms with Crippen LogP contribution >= 0.6 is 0 Å². The van der Waals surface area contributed by atoms with Crippen LogP contribution in [-0.2, 0) is 67.2 Å². The van der Waals surface area contributed by atoms with Crippen molar-refractivity contribution < 1.29 is 77.8 Å². The lowest BCUT2D eigenvalue weighted by atomic mass is 9.86. The molecule has 696 valence electrons. The Morgan fingerprint density at radius 2 is 0.537 bits per heavy atom. The zero-order valence-electron chi connectivity index (χ0n) is 107. The molecule has 0 spiro atoms. The number of furan rings is 5. The molecule has 20 rings (SSSR count). The average Bonchev–Trinajstić information content (AvgIpc) is 0.757. The third-order valence-electron chi connectivity index (χ3n) is 25.5. The van der Waals surface area contributed by atoms with Crippen LogP contribution in [0.5, 0.6) is 0 Å². The van der Waals surface area contributed by atoms with Crippen molar-refractivity contribution in [3.05, 3.63) is 296 Å². The summed E-state index contributed by atoms with van der Waals surface area (Å²) in [4.78, 5) is 22.3. The minimum Gasteiger partial charge on any atom is -0.437 e. The smallest absolute Gasteiger partial charge is 0.227 e. The number of hydrogen-bond acceptors (Lipinski definition) is 10. The SMILES string of the molecule is CCc1cc(-c2c(C)ccc3c2oc2nc(C)ccc23)[n+](C)cc1C(C)C.CCc1cc(-c2c(C)ccc3c2oc2ncccc23)[n+](C)cc1C(C)C.[2H]C([2H])([2H])C(C([2H])([2H])[2H])(C([2H])([2H])[2H])C([2H])([2H])c1c[n+](C)c(-c2c(C)ccc3c2oc2nc(C)ccc23)cc1C.[2H]C([2H])([2H])C(C([2H])([2H])[2H])(C([2H])([2H])[2H])C([2H])([2H])c1c[n+](C)c(-c2c(C)ccc3c2oc2ncccc23)cc1C.[2H]C([2H])(c1c[n+](C)c(-c2c(C)ccc3c2oc2nc(C)ccc23)cc1C)C(C)(C)C. The first-order valence-electron chi connectivity index (χ1n) is 58.3. The highest BCUT2D eigenvalue weighted by Crippen LogP contribution is 2.45. The maximum atomic E-state index is 8.87. The van der Waals surface area contributed by atoms with Crippen LogP contribution in [0, 0.1) is 92.4 Å². The van der Waals surface area contributed by atoms with Crippen LogP contribution in [0.1, 0.15) is 249 Å². The van der Waals surface area contributed by atoms with Crippen LogP contribution in [0.15, 0.2) is 217 Å². The van der Waals surface area contributed by atoms with E-state index in [2.05, 4.69) is 196 Å². The largest absolute Gasteiger partial charge is 0.437 e. The molecule has 0 bridgehead atoms. The summed E-state index contributed by atoms with van der Waals surface area (Å²) in [7, 11) is 9.42. The second kappa shape index (κ2) is 37.7. The second-order valence-electron chi connectivity index (χ2n) is 38.0. The number of fused-ring (bicyclic) bond motifs is 15. The third-order valence-corrected chi connectivity index (χ3v) is 25.5. The van der Waals surface area contributed by atoms with Crippen LogP contribution in [0.3, 0.4) is 0 Å². The van der Waals surface area contributed by atoms with Crippen molar-refractivity contribution >= 4 is 110 Å². The van der Waals surface area contributed by atoms with Gasteiger partial charge in [-0.1, -0.05) is 164 Å². The van der Waals surface area contributed by atoms with Gasteiger partial charge in [0, 0.05) is 174 Å². The van der Waals surface area contributed by atoms with E-state index in [0.717, 1.165) is 145 Å². The van der Waals surface area contributed by atoms with E-state index in [9.17, 15) is 0 Å². The first-order chi connectivity index (χ1) is 74.3. The number of hydrogen-bond donors (Lipinski definition) is 0. The van der Waals surface area contributed by atoms with Crippen LogP contribution < -0.4 is 22.8 Å². The van der Waals surface area contributed by atoms with E-state index < -0.39 is 76.5 Å². The van der Waals surface area contributed by atoms with Crippen LogP contribution in [0.25, 0.3) is 167 Å². The third kappa shape index (κ3) is 19.2. The molecule has 0 saturated carbocycles. The molecule has 0 aliphatic heterocycles. The Morgan fingerprint density at radius 3 is 0.794 bits per heavy atom. The Labute approximate surface area is 836 Å². The van der Waals surface area contributed by atoms with E-state index in [1.54, 1.807) is 44.7 Å². The minimum atomic E-state index is -3.70. The Bertz CT molecular complexity index is 9090. The fourth-order valence-electron chi connectivity index (χ4n) is 18.6. The van der Waals surface area contributed by atoms with Crippen molar-refractivity contribution in [1.29, 1.82) is 0 Å². The molecule has 0 radical (unpaired) electrons. The molecule has 15 heteroatoms. The highest BCUT2D eigenvalue weighted by molar-refractivity contribution is 6.13. The lowest BCUT2D eigenvalue weighted by Gasteiger charge is -2.19. The summed E-state index contributed by atoms with van der Waals surface area (Å²) in [5, 5.41) is 9.73. The standard InChI is InChI=1S/2C25H29N2O.2C24H27N2O.C23H25N2O/c2*1-15-8-10-19-20-11-9-17(3)26-24(20)28-23(19)22(15)21-12-16(2)18(14-27(21)7)13-25(4,5)6;1-15-9-10-18-19-8-7-11-25-23(19)27-22(18)21(15)20-12-16(2)17(14-26(20)6)13-24(3,4)5;1-7-17-12-21(26(6)13-20(17)14(2)3)22-15(4)8-10-18-19-11-9-16(5)25-24(19)27-23(18)22;1-6-16-12-20(25(5)13-19(16)14(2)3)21-15(4)9-10-17-18-8-7-11-24-23(18)26-22(17)21/h2*8-12,14H,13H2,1-7H3;7-12,14H,13H2,1-6H3;8-14H,7H2,1-6H3;7-14H,6H2,1-5H3/q5*+1/i4D3,5D3,6D3,13D2;13D2;3D3,4D3,5D3,13D2;;. The van der Waals surface area contributed by atoms with E-state index in [0.29, 0.717) is 79.6 Å². The fraction of sp³-hybridized carbons (Fsp3) is 0.339. The maximum absolute atomic E-state index is 8.87. The molecule has 0 atom stereocenters. The number of nitrogens with zero attached hydrogens (tertiary/aromatic N) is 10. The van der Waals surface area contributed by atoms with Gasteiger partial charge in [0.05, 0.1) is 27.8 Å². The monoisotopic (exact) mass is 1830 g/mol. The number of aryl methyl sites for hydroxylation is 18. The molecule has 0 aliphatic carbocycles. The Morgan fingerprint density at radius 1 is 0.294 bits per heavy atom. The zero-order chi connectivity index (χ0) is 118. The van der Waals surface area contributed by atoms with Crippen LogP contribution in [-0.4, -0.2) is 24.9 Å². The summed E-state index contributed by atoms with van der Waals surface area (Å²) in [6.45, 7) is 18.1. The van der Waals surface area contributed by atoms with Gasteiger partial charge in [0.15, 0.2) is 58.9 Å². The molecule has 0 unspecified atom stereocenters. The Balaban J connectivity index is 0.000000142. The zero-order valence-corrected chi connectivity index (χ0v) is 82.6. The van der Waals surface area contributed by atoms with Gasteiger partial charge in [0.1, 0.15) is 35.2 Å². The second-order valence-corrected chi connectivity index (χ2v) is 38.0. The van der Waals surface area contributed by atoms with Crippen molar-refractivity contribution in [3.63, 3.8) is 0 Å². The number of pyridine rings is 10. The summed E-state index contributed by atoms with van der Waals surface area (Å²) >= 11 is 0. The molecule has 5 aromatic carbocycles. The molecule has 0 fully saturated rings. The summed E-state index contributed by atoms with van der Waals surface area (Å²) in [5.74, 6) is 1.02. The summed E-state index contributed by atoms with van der Waals surface area (Å²) in [6.07, 6.45) is 6.41. The molecule has 0 N–H and O–H groups in total. The predicted molar refractivity (Wildman–Crippen MR) is 559 cm³/mol. The number of benzene rings is 5. The highest BCUT2D eigenvalue weighted by atomic mass is 16.4. The van der Waals surface area contributed by atoms with E-state index in [4.69, 9.17) is 55.0 Å². The predicted octanol–water partition coefficient (Wildman–Crippen LogP) is 28.9. The van der Waals surface area contributed by atoms with Gasteiger partial charge in [0.25, 0.3) is 0 Å².